The topological polar surface area (TPSA) is 44.7 Å². The second-order valence-electron chi connectivity index (χ2n) is 5.63. The molecule has 0 radical (unpaired) electrons. The largest absolute Gasteiger partial charge is 0.384 e. The lowest BCUT2D eigenvalue weighted by atomic mass is 10.1. The zero-order chi connectivity index (χ0) is 17.1. The number of rotatable bonds is 9. The molecule has 1 saturated heterocycles. The Morgan fingerprint density at radius 3 is 2.83 bits per heavy atom. The van der Waals surface area contributed by atoms with Crippen LogP contribution in [0, 0.1) is 0 Å². The van der Waals surface area contributed by atoms with Crippen LogP contribution in [-0.2, 0) is 4.79 Å². The van der Waals surface area contributed by atoms with Crippen molar-refractivity contribution >= 4 is 34.3 Å². The predicted octanol–water partition coefficient (Wildman–Crippen LogP) is 4.40. The van der Waals surface area contributed by atoms with Gasteiger partial charge in [0.2, 0.25) is 5.91 Å². The van der Waals surface area contributed by atoms with Gasteiger partial charge in [0.25, 0.3) is 0 Å². The highest BCUT2D eigenvalue weighted by atomic mass is 35.5. The summed E-state index contributed by atoms with van der Waals surface area (Å²) < 4.78 is 0. The minimum Gasteiger partial charge on any atom is -0.384 e. The van der Waals surface area contributed by atoms with Crippen molar-refractivity contribution in [3.8, 4) is 0 Å². The third kappa shape index (κ3) is 8.42. The molecule has 1 aliphatic rings. The zero-order valence-electron chi connectivity index (χ0n) is 14.1. The Morgan fingerprint density at radius 1 is 1.39 bits per heavy atom. The summed E-state index contributed by atoms with van der Waals surface area (Å²) >= 11 is 12.0. The molecule has 0 aliphatic carbocycles. The number of allylic oxidation sites excluding steroid dienone is 2. The van der Waals surface area contributed by atoms with Crippen LogP contribution in [0.2, 0.25) is 0 Å². The van der Waals surface area contributed by atoms with Crippen molar-refractivity contribution in [2.75, 3.05) is 19.6 Å². The van der Waals surface area contributed by atoms with Crippen LogP contribution in [0.5, 0.6) is 0 Å². The number of carbonyl (C=O) groups excluding carboxylic acids is 1. The van der Waals surface area contributed by atoms with Crippen molar-refractivity contribution in [2.45, 2.75) is 52.4 Å². The van der Waals surface area contributed by atoms with E-state index >= 15 is 0 Å². The van der Waals surface area contributed by atoms with Crippen molar-refractivity contribution in [1.82, 2.24) is 10.2 Å². The fourth-order valence-electron chi connectivity index (χ4n) is 2.35. The Balaban J connectivity index is 2.46. The quantitative estimate of drug-likeness (QED) is 0.376. The number of carbonyl (C=O) groups is 1. The number of unbranched alkanes of at least 4 members (excludes halogenated alkanes) is 1. The lowest BCUT2D eigenvalue weighted by Gasteiger charge is -2.26. The molecule has 0 aromatic carbocycles. The van der Waals surface area contributed by atoms with Gasteiger partial charge < -0.3 is 10.2 Å². The van der Waals surface area contributed by atoms with E-state index in [-0.39, 0.29) is 5.91 Å². The van der Waals surface area contributed by atoms with E-state index in [1.807, 2.05) is 4.90 Å². The van der Waals surface area contributed by atoms with E-state index < -0.39 is 0 Å². The number of halogens is 2. The number of amides is 1. The van der Waals surface area contributed by atoms with E-state index in [4.69, 9.17) is 23.2 Å². The van der Waals surface area contributed by atoms with Gasteiger partial charge in [0, 0.05) is 32.3 Å². The van der Waals surface area contributed by atoms with Gasteiger partial charge in [0.15, 0.2) is 0 Å². The molecular weight excluding hydrogens is 333 g/mol. The highest BCUT2D eigenvalue weighted by Crippen LogP contribution is 2.15. The standard InChI is InChI=1S/C17H27Cl2N3O/c1-3-4-8-16(15(19)13-21-14(2)18)20-10-7-12-22-11-6-5-9-17(22)23/h8,13,20H,3-7,9-12H2,1-2H3/b15-13+,16-8-,21-14?. The van der Waals surface area contributed by atoms with Crippen LogP contribution in [0.25, 0.3) is 0 Å². The van der Waals surface area contributed by atoms with Crippen molar-refractivity contribution in [3.63, 3.8) is 0 Å². The van der Waals surface area contributed by atoms with Gasteiger partial charge in [-0.25, -0.2) is 4.99 Å². The molecule has 1 amide bonds. The molecule has 1 N–H and O–H groups in total. The van der Waals surface area contributed by atoms with Crippen molar-refractivity contribution < 1.29 is 4.79 Å². The van der Waals surface area contributed by atoms with Crippen LogP contribution in [0.1, 0.15) is 52.4 Å². The zero-order valence-corrected chi connectivity index (χ0v) is 15.6. The van der Waals surface area contributed by atoms with E-state index in [1.54, 1.807) is 13.1 Å². The first-order chi connectivity index (χ1) is 11.0. The maximum absolute atomic E-state index is 11.8. The number of likely N-dealkylation sites (tertiary alicyclic amines) is 1. The van der Waals surface area contributed by atoms with E-state index in [0.29, 0.717) is 16.6 Å². The maximum Gasteiger partial charge on any atom is 0.222 e. The second kappa shape index (κ2) is 11.5. The van der Waals surface area contributed by atoms with Crippen LogP contribution in [0.4, 0.5) is 0 Å². The third-order valence-electron chi connectivity index (χ3n) is 3.59. The Hall–Kier alpha value is -1.00. The molecule has 1 rings (SSSR count). The Kier molecular flexibility index (Phi) is 10.0. The number of nitrogens with zero attached hydrogens (tertiary/aromatic N) is 2. The van der Waals surface area contributed by atoms with Gasteiger partial charge in [-0.05, 0) is 32.6 Å². The summed E-state index contributed by atoms with van der Waals surface area (Å²) in [6.45, 7) is 6.29. The van der Waals surface area contributed by atoms with E-state index in [1.165, 1.54) is 0 Å². The molecule has 130 valence electrons. The van der Waals surface area contributed by atoms with Gasteiger partial charge in [0.1, 0.15) is 5.17 Å². The summed E-state index contributed by atoms with van der Waals surface area (Å²) in [5.74, 6) is 0.280. The lowest BCUT2D eigenvalue weighted by Crippen LogP contribution is -2.37. The summed E-state index contributed by atoms with van der Waals surface area (Å²) in [5, 5.41) is 4.34. The van der Waals surface area contributed by atoms with Crippen LogP contribution >= 0.6 is 23.2 Å². The molecule has 6 heteroatoms. The minimum absolute atomic E-state index is 0.280. The number of aliphatic imine (C=N–C) groups is 1. The molecule has 0 aromatic rings. The summed E-state index contributed by atoms with van der Waals surface area (Å²) in [6, 6.07) is 0. The van der Waals surface area contributed by atoms with Gasteiger partial charge in [-0.15, -0.1) is 0 Å². The molecule has 0 atom stereocenters. The van der Waals surface area contributed by atoms with Crippen molar-refractivity contribution in [1.29, 1.82) is 0 Å². The van der Waals surface area contributed by atoms with Gasteiger partial charge in [-0.2, -0.15) is 0 Å². The highest BCUT2D eigenvalue weighted by Gasteiger charge is 2.16. The molecule has 0 bridgehead atoms. The average Bonchev–Trinajstić information content (AvgIpc) is 2.53. The third-order valence-corrected chi connectivity index (χ3v) is 3.99. The van der Waals surface area contributed by atoms with E-state index in [0.717, 1.165) is 57.4 Å². The fraction of sp³-hybridized carbons (Fsp3) is 0.647. The molecule has 0 unspecified atom stereocenters. The molecule has 1 aliphatic heterocycles. The molecule has 1 fully saturated rings. The summed E-state index contributed by atoms with van der Waals surface area (Å²) in [5.41, 5.74) is 0.875. The van der Waals surface area contributed by atoms with Crippen molar-refractivity contribution in [3.05, 3.63) is 23.0 Å². The molecular formula is C17H27Cl2N3O. The number of hydrogen-bond acceptors (Lipinski definition) is 3. The SMILES string of the molecule is CCC/C=C(NCCCN1CCCCC1=O)/C(Cl)=C\N=C(C)Cl. The normalized spacial score (nSPS) is 17.7. The van der Waals surface area contributed by atoms with Gasteiger partial charge in [-0.1, -0.05) is 42.6 Å². The molecule has 0 aromatic heterocycles. The number of nitrogens with one attached hydrogen (secondary N) is 1. The highest BCUT2D eigenvalue weighted by molar-refractivity contribution is 6.64. The van der Waals surface area contributed by atoms with Crippen LogP contribution in [0.15, 0.2) is 28.0 Å². The first-order valence-electron chi connectivity index (χ1n) is 8.32. The van der Waals surface area contributed by atoms with Crippen LogP contribution in [-0.4, -0.2) is 35.6 Å². The molecule has 1 heterocycles. The first kappa shape index (κ1) is 20.0. The van der Waals surface area contributed by atoms with Crippen LogP contribution < -0.4 is 5.32 Å². The summed E-state index contributed by atoms with van der Waals surface area (Å²) in [7, 11) is 0. The summed E-state index contributed by atoms with van der Waals surface area (Å²) in [4.78, 5) is 17.7. The van der Waals surface area contributed by atoms with Gasteiger partial charge in [-0.3, -0.25) is 4.79 Å². The Bertz CT molecular complexity index is 468. The molecule has 0 spiro atoms. The molecule has 23 heavy (non-hydrogen) atoms. The van der Waals surface area contributed by atoms with E-state index in [2.05, 4.69) is 23.3 Å². The average molecular weight is 360 g/mol. The van der Waals surface area contributed by atoms with Gasteiger partial charge >= 0.3 is 0 Å². The van der Waals surface area contributed by atoms with Crippen LogP contribution in [0.3, 0.4) is 0 Å². The maximum atomic E-state index is 11.8. The number of piperidine rings is 1. The molecule has 4 nitrogen and oxygen atoms in total. The Morgan fingerprint density at radius 2 is 2.17 bits per heavy atom. The smallest absolute Gasteiger partial charge is 0.222 e. The van der Waals surface area contributed by atoms with Crippen molar-refractivity contribution in [2.24, 2.45) is 4.99 Å². The summed E-state index contributed by atoms with van der Waals surface area (Å²) in [6.07, 6.45) is 9.37. The van der Waals surface area contributed by atoms with E-state index in [9.17, 15) is 4.79 Å². The van der Waals surface area contributed by atoms with Gasteiger partial charge in [0.05, 0.1) is 10.7 Å². The minimum atomic E-state index is 0.280. The monoisotopic (exact) mass is 359 g/mol. The number of hydrogen-bond donors (Lipinski definition) is 1. The molecule has 0 saturated carbocycles. The second-order valence-corrected chi connectivity index (χ2v) is 6.58. The Labute approximate surface area is 149 Å². The fourth-order valence-corrected chi connectivity index (χ4v) is 2.59. The lowest BCUT2D eigenvalue weighted by molar-refractivity contribution is -0.133. The predicted molar refractivity (Wildman–Crippen MR) is 98.9 cm³/mol. The first-order valence-corrected chi connectivity index (χ1v) is 9.08.